The number of aryl methyl sites for hydroxylation is 3. The van der Waals surface area contributed by atoms with E-state index in [0.29, 0.717) is 12.1 Å². The van der Waals surface area contributed by atoms with Crippen molar-refractivity contribution >= 4 is 27.5 Å². The molecule has 3 aromatic rings. The van der Waals surface area contributed by atoms with Crippen LogP contribution in [-0.4, -0.2) is 43.8 Å². The average Bonchev–Trinajstić information content (AvgIpc) is 2.88. The van der Waals surface area contributed by atoms with Crippen LogP contribution < -0.4 is 9.62 Å². The Hall–Kier alpha value is -3.65. The number of sulfonamides is 1. The molecule has 3 aromatic carbocycles. The molecule has 0 radical (unpaired) electrons. The number of carbonyl (C=O) groups is 2. The number of benzene rings is 3. The van der Waals surface area contributed by atoms with E-state index in [0.717, 1.165) is 26.6 Å². The van der Waals surface area contributed by atoms with E-state index < -0.39 is 28.5 Å². The molecule has 0 aliphatic carbocycles. The van der Waals surface area contributed by atoms with E-state index in [1.54, 1.807) is 42.5 Å². The van der Waals surface area contributed by atoms with Gasteiger partial charge in [0.2, 0.25) is 11.8 Å². The van der Waals surface area contributed by atoms with E-state index in [4.69, 9.17) is 0 Å². The van der Waals surface area contributed by atoms with Gasteiger partial charge in [0.25, 0.3) is 10.0 Å². The molecule has 0 saturated carbocycles. The number of amides is 2. The standard InChI is InChI=1S/C31H39N3O4S/c1-7-29(31(36)32-22(2)3)33(20-26-15-11-23(4)12-16-26)30(35)21-34(27-10-8-9-25(6)19-27)39(37,38)28-17-13-24(5)14-18-28/h8-19,22,29H,7,20-21H2,1-6H3,(H,32,36). The number of nitrogens with one attached hydrogen (secondary N) is 1. The van der Waals surface area contributed by atoms with Crippen LogP contribution in [0.3, 0.4) is 0 Å². The maximum Gasteiger partial charge on any atom is 0.264 e. The molecule has 2 amide bonds. The first-order valence-corrected chi connectivity index (χ1v) is 14.7. The Labute approximate surface area is 232 Å². The van der Waals surface area contributed by atoms with Gasteiger partial charge in [0, 0.05) is 12.6 Å². The molecular formula is C31H39N3O4S. The van der Waals surface area contributed by atoms with Crippen LogP contribution in [0, 0.1) is 20.8 Å². The molecule has 0 fully saturated rings. The number of hydrogen-bond donors (Lipinski definition) is 1. The predicted octanol–water partition coefficient (Wildman–Crippen LogP) is 5.14. The predicted molar refractivity (Wildman–Crippen MR) is 156 cm³/mol. The Morgan fingerprint density at radius 1 is 0.846 bits per heavy atom. The van der Waals surface area contributed by atoms with Crippen molar-refractivity contribution in [3.63, 3.8) is 0 Å². The van der Waals surface area contributed by atoms with Gasteiger partial charge in [0.15, 0.2) is 0 Å². The number of nitrogens with zero attached hydrogens (tertiary/aromatic N) is 2. The second-order valence-corrected chi connectivity index (χ2v) is 12.1. The topological polar surface area (TPSA) is 86.8 Å². The fourth-order valence-electron chi connectivity index (χ4n) is 4.34. The SMILES string of the molecule is CCC(C(=O)NC(C)C)N(Cc1ccc(C)cc1)C(=O)CN(c1cccc(C)c1)S(=O)(=O)c1ccc(C)cc1. The zero-order valence-corrected chi connectivity index (χ0v) is 24.5. The lowest BCUT2D eigenvalue weighted by Crippen LogP contribution is -2.53. The quantitative estimate of drug-likeness (QED) is 0.359. The summed E-state index contributed by atoms with van der Waals surface area (Å²) in [6.45, 7) is 11.0. The highest BCUT2D eigenvalue weighted by Gasteiger charge is 2.33. The minimum Gasteiger partial charge on any atom is -0.352 e. The molecular weight excluding hydrogens is 510 g/mol. The Bertz CT molecular complexity index is 1380. The summed E-state index contributed by atoms with van der Waals surface area (Å²) in [6, 6.07) is 20.5. The Morgan fingerprint density at radius 2 is 1.44 bits per heavy atom. The lowest BCUT2D eigenvalue weighted by atomic mass is 10.1. The molecule has 1 N–H and O–H groups in total. The Balaban J connectivity index is 2.06. The molecule has 8 heteroatoms. The summed E-state index contributed by atoms with van der Waals surface area (Å²) in [7, 11) is -4.08. The van der Waals surface area contributed by atoms with Crippen molar-refractivity contribution in [1.29, 1.82) is 0 Å². The van der Waals surface area contributed by atoms with Crippen molar-refractivity contribution in [3.05, 3.63) is 95.1 Å². The van der Waals surface area contributed by atoms with Gasteiger partial charge in [-0.3, -0.25) is 13.9 Å². The van der Waals surface area contributed by atoms with E-state index >= 15 is 0 Å². The molecule has 208 valence electrons. The second kappa shape index (κ2) is 12.9. The van der Waals surface area contributed by atoms with Gasteiger partial charge in [-0.2, -0.15) is 0 Å². The number of rotatable bonds is 11. The van der Waals surface area contributed by atoms with Gasteiger partial charge in [0.05, 0.1) is 10.6 Å². The molecule has 3 rings (SSSR count). The number of anilines is 1. The minimum atomic E-state index is -4.08. The van der Waals surface area contributed by atoms with Gasteiger partial charge >= 0.3 is 0 Å². The summed E-state index contributed by atoms with van der Waals surface area (Å²) >= 11 is 0. The fourth-order valence-corrected chi connectivity index (χ4v) is 5.75. The summed E-state index contributed by atoms with van der Waals surface area (Å²) in [5.74, 6) is -0.727. The maximum absolute atomic E-state index is 14.0. The molecule has 39 heavy (non-hydrogen) atoms. The van der Waals surface area contributed by atoms with Crippen LogP contribution in [0.1, 0.15) is 49.4 Å². The minimum absolute atomic E-state index is 0.0945. The van der Waals surface area contributed by atoms with Crippen LogP contribution >= 0.6 is 0 Å². The molecule has 1 unspecified atom stereocenters. The largest absolute Gasteiger partial charge is 0.352 e. The van der Waals surface area contributed by atoms with Crippen LogP contribution in [0.5, 0.6) is 0 Å². The number of hydrogen-bond acceptors (Lipinski definition) is 4. The van der Waals surface area contributed by atoms with Crippen LogP contribution in [0.2, 0.25) is 0 Å². The second-order valence-electron chi connectivity index (χ2n) is 10.3. The zero-order chi connectivity index (χ0) is 28.7. The van der Waals surface area contributed by atoms with Crippen molar-refractivity contribution in [2.24, 2.45) is 0 Å². The van der Waals surface area contributed by atoms with Gasteiger partial charge in [-0.15, -0.1) is 0 Å². The van der Waals surface area contributed by atoms with Gasteiger partial charge in [-0.25, -0.2) is 8.42 Å². The summed E-state index contributed by atoms with van der Waals surface area (Å²) in [4.78, 5) is 28.8. The van der Waals surface area contributed by atoms with Crippen molar-refractivity contribution in [1.82, 2.24) is 10.2 Å². The van der Waals surface area contributed by atoms with E-state index in [1.165, 1.54) is 4.90 Å². The average molecular weight is 550 g/mol. The summed E-state index contributed by atoms with van der Waals surface area (Å²) in [5, 5.41) is 2.91. The molecule has 0 saturated heterocycles. The van der Waals surface area contributed by atoms with Gasteiger partial charge in [0.1, 0.15) is 12.6 Å². The first-order chi connectivity index (χ1) is 18.4. The first-order valence-electron chi connectivity index (χ1n) is 13.2. The van der Waals surface area contributed by atoms with Crippen LogP contribution in [0.25, 0.3) is 0 Å². The molecule has 0 bridgehead atoms. The normalized spacial score (nSPS) is 12.2. The third-order valence-electron chi connectivity index (χ3n) is 6.47. The molecule has 0 aliphatic heterocycles. The smallest absolute Gasteiger partial charge is 0.264 e. The highest BCUT2D eigenvalue weighted by Crippen LogP contribution is 2.26. The van der Waals surface area contributed by atoms with E-state index in [9.17, 15) is 18.0 Å². The van der Waals surface area contributed by atoms with Gasteiger partial charge < -0.3 is 10.2 Å². The third-order valence-corrected chi connectivity index (χ3v) is 8.26. The molecule has 7 nitrogen and oxygen atoms in total. The molecule has 0 heterocycles. The van der Waals surface area contributed by atoms with Crippen molar-refractivity contribution in [2.45, 2.75) is 71.5 Å². The highest BCUT2D eigenvalue weighted by molar-refractivity contribution is 7.92. The molecule has 0 aromatic heterocycles. The first kappa shape index (κ1) is 29.9. The van der Waals surface area contributed by atoms with Crippen molar-refractivity contribution in [2.75, 3.05) is 10.8 Å². The van der Waals surface area contributed by atoms with Crippen molar-refractivity contribution < 1.29 is 18.0 Å². The van der Waals surface area contributed by atoms with E-state index in [2.05, 4.69) is 5.32 Å². The van der Waals surface area contributed by atoms with Gasteiger partial charge in [-0.05, 0) is 76.4 Å². The third kappa shape index (κ3) is 7.69. The molecule has 0 spiro atoms. The van der Waals surface area contributed by atoms with Gasteiger partial charge in [-0.1, -0.05) is 66.6 Å². The summed E-state index contributed by atoms with van der Waals surface area (Å²) in [6.07, 6.45) is 0.380. The van der Waals surface area contributed by atoms with Crippen LogP contribution in [0.4, 0.5) is 5.69 Å². The van der Waals surface area contributed by atoms with Crippen molar-refractivity contribution in [3.8, 4) is 0 Å². The lowest BCUT2D eigenvalue weighted by Gasteiger charge is -2.33. The molecule has 0 aliphatic rings. The summed E-state index contributed by atoms with van der Waals surface area (Å²) in [5.41, 5.74) is 4.12. The maximum atomic E-state index is 14.0. The van der Waals surface area contributed by atoms with Crippen LogP contribution in [-0.2, 0) is 26.2 Å². The monoisotopic (exact) mass is 549 g/mol. The highest BCUT2D eigenvalue weighted by atomic mass is 32.2. The summed E-state index contributed by atoms with van der Waals surface area (Å²) < 4.78 is 28.9. The molecule has 1 atom stereocenters. The fraction of sp³-hybridized carbons (Fsp3) is 0.355. The van der Waals surface area contributed by atoms with Crippen LogP contribution in [0.15, 0.2) is 77.7 Å². The zero-order valence-electron chi connectivity index (χ0n) is 23.6. The lowest BCUT2D eigenvalue weighted by molar-refractivity contribution is -0.140. The Kier molecular flexibility index (Phi) is 9.92. The van der Waals surface area contributed by atoms with E-state index in [1.807, 2.05) is 71.9 Å². The Morgan fingerprint density at radius 3 is 1.97 bits per heavy atom. The van der Waals surface area contributed by atoms with E-state index in [-0.39, 0.29) is 23.4 Å². The number of carbonyl (C=O) groups excluding carboxylic acids is 2.